The number of carboxylic acid groups (broad SMARTS) is 1. The zero-order valence-corrected chi connectivity index (χ0v) is 9.24. The molecule has 1 rings (SSSR count). The smallest absolute Gasteiger partial charge is 0.335 e. The molecule has 0 aromatic heterocycles. The number of anilines is 1. The maximum Gasteiger partial charge on any atom is 0.335 e. The third kappa shape index (κ3) is 3.84. The van der Waals surface area contributed by atoms with Gasteiger partial charge in [-0.2, -0.15) is 0 Å². The average Bonchev–Trinajstić information content (AvgIpc) is 2.19. The number of hydrogen-bond acceptors (Lipinski definition) is 3. The van der Waals surface area contributed by atoms with Crippen LogP contribution in [0.15, 0.2) is 18.2 Å². The van der Waals surface area contributed by atoms with E-state index in [2.05, 4.69) is 5.32 Å². The molecule has 0 bridgehead atoms. The first-order valence-corrected chi connectivity index (χ1v) is 4.98. The van der Waals surface area contributed by atoms with Gasteiger partial charge < -0.3 is 16.2 Å². The summed E-state index contributed by atoms with van der Waals surface area (Å²) in [6.07, 6.45) is 0.0384. The summed E-state index contributed by atoms with van der Waals surface area (Å²) in [6, 6.07) is 2.83. The molecule has 0 fully saturated rings. The van der Waals surface area contributed by atoms with Crippen LogP contribution in [0.1, 0.15) is 23.7 Å². The van der Waals surface area contributed by atoms with Crippen LogP contribution >= 0.6 is 0 Å². The Morgan fingerprint density at radius 3 is 2.71 bits per heavy atom. The fraction of sp³-hybridized carbons (Fsp3) is 0.273. The predicted molar refractivity (Wildman–Crippen MR) is 60.3 cm³/mol. The molecule has 0 saturated carbocycles. The first kappa shape index (κ1) is 13.1. The van der Waals surface area contributed by atoms with E-state index in [9.17, 15) is 14.0 Å². The maximum absolute atomic E-state index is 13.3. The molecular weight excluding hydrogens is 227 g/mol. The Bertz CT molecular complexity index is 446. The molecule has 6 heteroatoms. The summed E-state index contributed by atoms with van der Waals surface area (Å²) in [5.41, 5.74) is 5.16. The second-order valence-corrected chi connectivity index (χ2v) is 3.73. The number of carbonyl (C=O) groups excluding carboxylic acids is 1. The molecule has 1 aromatic carbocycles. The van der Waals surface area contributed by atoms with Gasteiger partial charge in [0.2, 0.25) is 5.91 Å². The summed E-state index contributed by atoms with van der Waals surface area (Å²) in [4.78, 5) is 22.0. The van der Waals surface area contributed by atoms with Gasteiger partial charge in [-0.15, -0.1) is 0 Å². The Kier molecular flexibility index (Phi) is 4.17. The highest BCUT2D eigenvalue weighted by Gasteiger charge is 2.11. The predicted octanol–water partition coefficient (Wildman–Crippen LogP) is 1.20. The number of nitrogens with two attached hydrogens (primary N) is 1. The fourth-order valence-corrected chi connectivity index (χ4v) is 1.25. The molecule has 0 aliphatic rings. The zero-order chi connectivity index (χ0) is 13.0. The third-order valence-electron chi connectivity index (χ3n) is 1.99. The maximum atomic E-state index is 13.3. The minimum absolute atomic E-state index is 0.0384. The van der Waals surface area contributed by atoms with Gasteiger partial charge in [-0.3, -0.25) is 4.79 Å². The molecule has 5 nitrogen and oxygen atoms in total. The summed E-state index contributed by atoms with van der Waals surface area (Å²) in [5.74, 6) is -2.33. The molecule has 92 valence electrons. The normalized spacial score (nSPS) is 11.9. The molecule has 1 unspecified atom stereocenters. The largest absolute Gasteiger partial charge is 0.478 e. The van der Waals surface area contributed by atoms with Crippen LogP contribution in [0.3, 0.4) is 0 Å². The topological polar surface area (TPSA) is 92.4 Å². The minimum atomic E-state index is -1.19. The van der Waals surface area contributed by atoms with Gasteiger partial charge in [-0.1, -0.05) is 0 Å². The van der Waals surface area contributed by atoms with Crippen LogP contribution < -0.4 is 11.1 Å². The van der Waals surface area contributed by atoms with Gasteiger partial charge in [0.1, 0.15) is 5.82 Å². The molecule has 17 heavy (non-hydrogen) atoms. The number of carbonyl (C=O) groups is 2. The summed E-state index contributed by atoms with van der Waals surface area (Å²) in [6.45, 7) is 1.64. The number of amides is 1. The lowest BCUT2D eigenvalue weighted by molar-refractivity contribution is -0.116. The molecule has 0 saturated heterocycles. The van der Waals surface area contributed by atoms with Crippen LogP contribution in [0.4, 0.5) is 10.1 Å². The fourth-order valence-electron chi connectivity index (χ4n) is 1.25. The number of nitrogens with one attached hydrogen (secondary N) is 1. The molecule has 0 spiro atoms. The van der Waals surface area contributed by atoms with Crippen molar-refractivity contribution in [2.45, 2.75) is 19.4 Å². The molecule has 0 radical (unpaired) electrons. The monoisotopic (exact) mass is 240 g/mol. The highest BCUT2D eigenvalue weighted by molar-refractivity contribution is 5.94. The van der Waals surface area contributed by atoms with Crippen LogP contribution in [0.2, 0.25) is 0 Å². The van der Waals surface area contributed by atoms with E-state index in [1.807, 2.05) is 0 Å². The Morgan fingerprint density at radius 1 is 1.53 bits per heavy atom. The van der Waals surface area contributed by atoms with E-state index in [0.717, 1.165) is 18.2 Å². The molecule has 1 aromatic rings. The van der Waals surface area contributed by atoms with Crippen LogP contribution in [0, 0.1) is 5.82 Å². The van der Waals surface area contributed by atoms with E-state index in [-0.39, 0.29) is 23.7 Å². The van der Waals surface area contributed by atoms with E-state index in [1.54, 1.807) is 6.92 Å². The van der Waals surface area contributed by atoms with Crippen molar-refractivity contribution in [1.29, 1.82) is 0 Å². The van der Waals surface area contributed by atoms with Crippen molar-refractivity contribution in [3.8, 4) is 0 Å². The summed E-state index contributed by atoms with van der Waals surface area (Å²) >= 11 is 0. The minimum Gasteiger partial charge on any atom is -0.478 e. The van der Waals surface area contributed by atoms with Crippen molar-refractivity contribution >= 4 is 17.6 Å². The molecule has 1 amide bonds. The number of halogens is 1. The Hall–Kier alpha value is -1.95. The van der Waals surface area contributed by atoms with Crippen molar-refractivity contribution in [3.63, 3.8) is 0 Å². The van der Waals surface area contributed by atoms with Gasteiger partial charge in [0.15, 0.2) is 0 Å². The first-order valence-electron chi connectivity index (χ1n) is 4.98. The summed E-state index contributed by atoms with van der Waals surface area (Å²) < 4.78 is 13.3. The first-order chi connectivity index (χ1) is 7.90. The lowest BCUT2D eigenvalue weighted by Crippen LogP contribution is -2.24. The van der Waals surface area contributed by atoms with E-state index >= 15 is 0 Å². The van der Waals surface area contributed by atoms with Gasteiger partial charge in [-0.05, 0) is 25.1 Å². The zero-order valence-electron chi connectivity index (χ0n) is 9.24. The number of carboxylic acids is 1. The van der Waals surface area contributed by atoms with Crippen LogP contribution in [-0.2, 0) is 4.79 Å². The van der Waals surface area contributed by atoms with Gasteiger partial charge in [0, 0.05) is 12.5 Å². The standard InChI is InChI=1S/C11H13FN2O3/c1-6(13)4-10(15)14-9-5-7(11(16)17)2-3-8(9)12/h2-3,5-6H,4,13H2,1H3,(H,14,15)(H,16,17). The average molecular weight is 240 g/mol. The number of benzene rings is 1. The van der Waals surface area contributed by atoms with Gasteiger partial charge >= 0.3 is 5.97 Å². The van der Waals surface area contributed by atoms with E-state index in [4.69, 9.17) is 10.8 Å². The highest BCUT2D eigenvalue weighted by Crippen LogP contribution is 2.16. The molecule has 0 aliphatic heterocycles. The quantitative estimate of drug-likeness (QED) is 0.737. The van der Waals surface area contributed by atoms with Crippen LogP contribution in [0.25, 0.3) is 0 Å². The van der Waals surface area contributed by atoms with Crippen molar-refractivity contribution in [3.05, 3.63) is 29.6 Å². The number of hydrogen-bond donors (Lipinski definition) is 3. The van der Waals surface area contributed by atoms with Crippen molar-refractivity contribution in [2.24, 2.45) is 5.73 Å². The second kappa shape index (κ2) is 5.40. The Balaban J connectivity index is 2.86. The highest BCUT2D eigenvalue weighted by atomic mass is 19.1. The van der Waals surface area contributed by atoms with E-state index < -0.39 is 17.7 Å². The van der Waals surface area contributed by atoms with Gasteiger partial charge in [-0.25, -0.2) is 9.18 Å². The van der Waals surface area contributed by atoms with Crippen molar-refractivity contribution in [1.82, 2.24) is 0 Å². The van der Waals surface area contributed by atoms with E-state index in [1.165, 1.54) is 0 Å². The van der Waals surface area contributed by atoms with Crippen molar-refractivity contribution in [2.75, 3.05) is 5.32 Å². The molecular formula is C11H13FN2O3. The van der Waals surface area contributed by atoms with Gasteiger partial charge in [0.05, 0.1) is 11.3 Å². The van der Waals surface area contributed by atoms with Gasteiger partial charge in [0.25, 0.3) is 0 Å². The lowest BCUT2D eigenvalue weighted by atomic mass is 10.2. The second-order valence-electron chi connectivity index (χ2n) is 3.73. The van der Waals surface area contributed by atoms with Crippen LogP contribution in [0.5, 0.6) is 0 Å². The molecule has 0 heterocycles. The SMILES string of the molecule is CC(N)CC(=O)Nc1cc(C(=O)O)ccc1F. The van der Waals surface area contributed by atoms with Crippen LogP contribution in [-0.4, -0.2) is 23.0 Å². The Labute approximate surface area is 97.4 Å². The molecule has 1 atom stereocenters. The summed E-state index contributed by atoms with van der Waals surface area (Å²) in [5, 5.41) is 11.0. The lowest BCUT2D eigenvalue weighted by Gasteiger charge is -2.08. The molecule has 4 N–H and O–H groups in total. The van der Waals surface area contributed by atoms with Crippen molar-refractivity contribution < 1.29 is 19.1 Å². The number of aromatic carboxylic acids is 1. The van der Waals surface area contributed by atoms with E-state index in [0.29, 0.717) is 0 Å². The summed E-state index contributed by atoms with van der Waals surface area (Å²) in [7, 11) is 0. The molecule has 0 aliphatic carbocycles. The third-order valence-corrected chi connectivity index (χ3v) is 1.99. The Morgan fingerprint density at radius 2 is 2.18 bits per heavy atom. The number of rotatable bonds is 4.